The molecule has 5 atom stereocenters. The fourth-order valence-corrected chi connectivity index (χ4v) is 13.5. The number of fused-ring (bicyclic) bond motifs is 2. The van der Waals surface area contributed by atoms with Crippen molar-refractivity contribution in [3.05, 3.63) is 78.4 Å². The second-order valence-electron chi connectivity index (χ2n) is 15.3. The van der Waals surface area contributed by atoms with Crippen LogP contribution in [0.15, 0.2) is 72.8 Å². The van der Waals surface area contributed by atoms with E-state index in [9.17, 15) is 14.7 Å². The first-order chi connectivity index (χ1) is 24.6. The Bertz CT molecular complexity index is 1770. The van der Waals surface area contributed by atoms with Crippen molar-refractivity contribution in [2.45, 2.75) is 94.7 Å². The summed E-state index contributed by atoms with van der Waals surface area (Å²) in [6.45, 7) is 7.93. The van der Waals surface area contributed by atoms with E-state index >= 15 is 4.79 Å². The van der Waals surface area contributed by atoms with Crippen LogP contribution in [0.5, 0.6) is 5.75 Å². The predicted octanol–water partition coefficient (Wildman–Crippen LogP) is 6.26. The van der Waals surface area contributed by atoms with Crippen LogP contribution in [-0.4, -0.2) is 74.8 Å². The average Bonchev–Trinajstić information content (AvgIpc) is 3.80. The maximum atomic E-state index is 15.3. The van der Waals surface area contributed by atoms with Crippen LogP contribution in [0.4, 0.5) is 17.1 Å². The van der Waals surface area contributed by atoms with E-state index in [4.69, 9.17) is 9.47 Å². The fourth-order valence-electron chi connectivity index (χ4n) is 9.50. The second kappa shape index (κ2) is 14.2. The van der Waals surface area contributed by atoms with Crippen molar-refractivity contribution in [1.29, 1.82) is 0 Å². The number of anilines is 3. The number of benzene rings is 3. The van der Waals surface area contributed by atoms with E-state index in [1.54, 1.807) is 12.0 Å². The van der Waals surface area contributed by atoms with Crippen molar-refractivity contribution in [3.63, 3.8) is 0 Å². The molecule has 1 spiro atoms. The van der Waals surface area contributed by atoms with Crippen LogP contribution in [0.2, 0.25) is 18.6 Å². The third-order valence-corrected chi connectivity index (χ3v) is 16.5. The van der Waals surface area contributed by atoms with Gasteiger partial charge in [-0.1, -0.05) is 68.4 Å². The monoisotopic (exact) mass is 709 g/mol. The van der Waals surface area contributed by atoms with Crippen LogP contribution in [0.1, 0.15) is 63.9 Å². The molecule has 0 unspecified atom stereocenters. The number of carbonyl (C=O) groups is 3. The first kappa shape index (κ1) is 35.4. The number of rotatable bonds is 8. The summed E-state index contributed by atoms with van der Waals surface area (Å²) in [4.78, 5) is 48.4. The largest absolute Gasteiger partial charge is 0.497 e. The Morgan fingerprint density at radius 3 is 2.41 bits per heavy atom. The summed E-state index contributed by atoms with van der Waals surface area (Å²) in [5.74, 6) is 0.365. The molecule has 9 nitrogen and oxygen atoms in total. The Labute approximate surface area is 302 Å². The quantitative estimate of drug-likeness (QED) is 0.278. The minimum absolute atomic E-state index is 0.0455. The highest BCUT2D eigenvalue weighted by Crippen LogP contribution is 2.61. The van der Waals surface area contributed by atoms with Gasteiger partial charge in [0.05, 0.1) is 46.0 Å². The molecule has 270 valence electrons. The molecule has 0 saturated carbocycles. The average molecular weight is 710 g/mol. The number of hydrogen-bond acceptors (Lipinski definition) is 6. The lowest BCUT2D eigenvalue weighted by Crippen LogP contribution is -2.52. The molecule has 3 aromatic carbocycles. The number of aliphatic hydroxyl groups excluding tert-OH is 1. The number of carbonyl (C=O) groups excluding carboxylic acids is 3. The number of methoxy groups -OCH3 is 1. The third kappa shape index (κ3) is 6.08. The fraction of sp³-hybridized carbons (Fsp3) is 0.488. The van der Waals surface area contributed by atoms with Gasteiger partial charge < -0.3 is 24.4 Å². The predicted molar refractivity (Wildman–Crippen MR) is 201 cm³/mol. The van der Waals surface area contributed by atoms with Gasteiger partial charge in [0.1, 0.15) is 5.75 Å². The number of nitrogens with zero attached hydrogens (tertiary/aromatic N) is 3. The van der Waals surface area contributed by atoms with E-state index in [0.29, 0.717) is 19.5 Å². The highest BCUT2D eigenvalue weighted by molar-refractivity contribution is 6.91. The van der Waals surface area contributed by atoms with Crippen molar-refractivity contribution in [2.24, 2.45) is 5.92 Å². The normalized spacial score (nSPS) is 26.8. The lowest BCUT2D eigenvalue weighted by Gasteiger charge is -2.37. The van der Waals surface area contributed by atoms with E-state index < -0.39 is 19.8 Å². The zero-order valence-electron chi connectivity index (χ0n) is 30.3. The van der Waals surface area contributed by atoms with Crippen LogP contribution < -0.4 is 19.7 Å². The van der Waals surface area contributed by atoms with Gasteiger partial charge in [-0.15, -0.1) is 0 Å². The lowest BCUT2D eigenvalue weighted by molar-refractivity contribution is -0.149. The van der Waals surface area contributed by atoms with Gasteiger partial charge in [-0.3, -0.25) is 19.3 Å². The molecule has 4 heterocycles. The molecule has 3 amide bonds. The molecule has 4 aliphatic rings. The molecular formula is C41H51N3O6Si. The smallest absolute Gasteiger partial charge is 0.268 e. The van der Waals surface area contributed by atoms with Crippen molar-refractivity contribution < 1.29 is 29.0 Å². The molecular weight excluding hydrogens is 659 g/mol. The summed E-state index contributed by atoms with van der Waals surface area (Å²) in [5.41, 5.74) is 1.53. The molecule has 7 rings (SSSR count). The topological polar surface area (TPSA) is 99.6 Å². The first-order valence-electron chi connectivity index (χ1n) is 18.7. The van der Waals surface area contributed by atoms with Gasteiger partial charge in [-0.2, -0.15) is 0 Å². The van der Waals surface area contributed by atoms with E-state index in [2.05, 4.69) is 32.2 Å². The Morgan fingerprint density at radius 2 is 1.69 bits per heavy atom. The van der Waals surface area contributed by atoms with E-state index in [-0.39, 0.29) is 48.3 Å². The molecule has 51 heavy (non-hydrogen) atoms. The van der Waals surface area contributed by atoms with Crippen LogP contribution in [0, 0.1) is 5.92 Å². The van der Waals surface area contributed by atoms with Gasteiger partial charge in [0.15, 0.2) is 5.60 Å². The number of para-hydroxylation sites is 1. The summed E-state index contributed by atoms with van der Waals surface area (Å²) < 4.78 is 12.8. The van der Waals surface area contributed by atoms with Gasteiger partial charge in [0.2, 0.25) is 11.8 Å². The summed E-state index contributed by atoms with van der Waals surface area (Å²) in [7, 11) is -0.833. The second-order valence-corrected chi connectivity index (χ2v) is 20.0. The summed E-state index contributed by atoms with van der Waals surface area (Å²) in [6.07, 6.45) is 5.65. The molecule has 3 fully saturated rings. The zero-order valence-corrected chi connectivity index (χ0v) is 31.3. The highest BCUT2D eigenvalue weighted by Gasteiger charge is 2.67. The van der Waals surface area contributed by atoms with Crippen LogP contribution in [-0.2, 0) is 24.7 Å². The minimum atomic E-state index is -2.49. The molecule has 0 bridgehead atoms. The molecule has 0 aliphatic carbocycles. The van der Waals surface area contributed by atoms with E-state index in [0.717, 1.165) is 66.9 Å². The SMILES string of the molecule is COc1ccc([Si](C)(C)[C@@H]2[C@@H](CC(=O)N3CCC[C@H]3CO)O[C@]3(C(=O)N(c4ccccc4)c4ccc(N5CCCCCCC5=O)cc43)[C@H]2C)cc1. The van der Waals surface area contributed by atoms with Gasteiger partial charge in [-0.25, -0.2) is 0 Å². The molecule has 3 saturated heterocycles. The molecule has 10 heteroatoms. The van der Waals surface area contributed by atoms with Crippen molar-refractivity contribution in [1.82, 2.24) is 4.90 Å². The van der Waals surface area contributed by atoms with Gasteiger partial charge >= 0.3 is 0 Å². The van der Waals surface area contributed by atoms with Crippen LogP contribution >= 0.6 is 0 Å². The highest BCUT2D eigenvalue weighted by atomic mass is 28.3. The Morgan fingerprint density at radius 1 is 0.941 bits per heavy atom. The van der Waals surface area contributed by atoms with Gasteiger partial charge in [0.25, 0.3) is 5.91 Å². The summed E-state index contributed by atoms with van der Waals surface area (Å²) in [5, 5.41) is 11.3. The standard InChI is InChI=1S/C41H51N3O6Si/c1-28-39(51(3,4)33-20-18-32(49-2)19-21-33)36(26-38(47)43-24-12-15-31(43)27-45)50-41(28)34-25-30(42-23-11-6-5-10-16-37(42)46)17-22-35(34)44(40(41)48)29-13-8-7-9-14-29/h7-9,13-14,17-22,25,28,31,36,39,45H,5-6,10-12,15-16,23-24,26-27H2,1-4H3/t28-,31-,36+,39-,41+/m0/s1. The van der Waals surface area contributed by atoms with Gasteiger partial charge in [0, 0.05) is 42.4 Å². The van der Waals surface area contributed by atoms with Crippen molar-refractivity contribution in [2.75, 3.05) is 36.6 Å². The van der Waals surface area contributed by atoms with E-state index in [1.807, 2.05) is 70.5 Å². The zero-order chi connectivity index (χ0) is 35.9. The number of likely N-dealkylation sites (tertiary alicyclic amines) is 1. The molecule has 4 aliphatic heterocycles. The first-order valence-corrected chi connectivity index (χ1v) is 21.8. The van der Waals surface area contributed by atoms with Crippen LogP contribution in [0.3, 0.4) is 0 Å². The Balaban J connectivity index is 1.37. The number of hydrogen-bond donors (Lipinski definition) is 1. The third-order valence-electron chi connectivity index (χ3n) is 12.2. The lowest BCUT2D eigenvalue weighted by atomic mass is 9.82. The van der Waals surface area contributed by atoms with E-state index in [1.165, 1.54) is 5.19 Å². The number of ether oxygens (including phenoxy) is 2. The molecule has 1 N–H and O–H groups in total. The van der Waals surface area contributed by atoms with Crippen molar-refractivity contribution >= 4 is 48.0 Å². The molecule has 0 aromatic heterocycles. The number of amides is 3. The van der Waals surface area contributed by atoms with Crippen LogP contribution in [0.25, 0.3) is 0 Å². The maximum absolute atomic E-state index is 15.3. The molecule has 3 aromatic rings. The summed E-state index contributed by atoms with van der Waals surface area (Å²) >= 11 is 0. The summed E-state index contributed by atoms with van der Waals surface area (Å²) in [6, 6.07) is 23.6. The maximum Gasteiger partial charge on any atom is 0.268 e. The van der Waals surface area contributed by atoms with Crippen molar-refractivity contribution in [3.8, 4) is 5.75 Å². The minimum Gasteiger partial charge on any atom is -0.497 e. The molecule has 0 radical (unpaired) electrons. The Hall–Kier alpha value is -3.99. The number of aliphatic hydroxyl groups is 1. The Kier molecular flexibility index (Phi) is 9.86. The van der Waals surface area contributed by atoms with Gasteiger partial charge in [-0.05, 0) is 73.7 Å².